The third-order valence-corrected chi connectivity index (χ3v) is 5.22. The van der Waals surface area contributed by atoms with Crippen molar-refractivity contribution in [2.75, 3.05) is 4.90 Å². The number of imidazole rings is 1. The molecule has 0 atom stereocenters. The van der Waals surface area contributed by atoms with Crippen LogP contribution in [0, 0.1) is 0 Å². The Bertz CT molecular complexity index is 1410. The van der Waals surface area contributed by atoms with Gasteiger partial charge in [-0.05, 0) is 31.1 Å². The molecule has 0 spiro atoms. The second-order valence-electron chi connectivity index (χ2n) is 7.75. The van der Waals surface area contributed by atoms with Crippen molar-refractivity contribution in [3.05, 3.63) is 48.1 Å². The van der Waals surface area contributed by atoms with E-state index in [1.165, 1.54) is 35.0 Å². The van der Waals surface area contributed by atoms with Crippen LogP contribution in [0.5, 0.6) is 5.75 Å². The van der Waals surface area contributed by atoms with Crippen LogP contribution in [0.3, 0.4) is 0 Å². The highest BCUT2D eigenvalue weighted by Gasteiger charge is 2.37. The molecule has 3 aromatic rings. The van der Waals surface area contributed by atoms with Gasteiger partial charge in [-0.2, -0.15) is 0 Å². The topological polar surface area (TPSA) is 138 Å². The maximum absolute atomic E-state index is 12.7. The van der Waals surface area contributed by atoms with Crippen LogP contribution in [-0.4, -0.2) is 49.9 Å². The van der Waals surface area contributed by atoms with Gasteiger partial charge in [-0.15, -0.1) is 13.2 Å². The van der Waals surface area contributed by atoms with E-state index in [2.05, 4.69) is 25.3 Å². The number of hydrogen-bond acceptors (Lipinski definition) is 6. The highest BCUT2D eigenvalue weighted by molar-refractivity contribution is 6.14. The van der Waals surface area contributed by atoms with E-state index < -0.39 is 30.1 Å². The van der Waals surface area contributed by atoms with Gasteiger partial charge in [0.25, 0.3) is 5.91 Å². The molecule has 4 amide bonds. The van der Waals surface area contributed by atoms with Crippen LogP contribution in [0.15, 0.2) is 42.4 Å². The number of amides is 4. The highest BCUT2D eigenvalue weighted by Crippen LogP contribution is 2.35. The van der Waals surface area contributed by atoms with Crippen molar-refractivity contribution in [3.63, 3.8) is 0 Å². The largest absolute Gasteiger partial charge is 0.573 e. The van der Waals surface area contributed by atoms with Crippen LogP contribution in [0.2, 0.25) is 0 Å². The number of nitrogens with one attached hydrogen (secondary N) is 2. The summed E-state index contributed by atoms with van der Waals surface area (Å²) in [6, 6.07) is 4.05. The number of ether oxygens (including phenoxy) is 1. The lowest BCUT2D eigenvalue weighted by molar-refractivity contribution is -0.274. The fourth-order valence-electron chi connectivity index (χ4n) is 3.63. The number of imide groups is 1. The van der Waals surface area contributed by atoms with Crippen molar-refractivity contribution in [1.29, 1.82) is 0 Å². The Labute approximate surface area is 193 Å². The van der Waals surface area contributed by atoms with Crippen LogP contribution >= 0.6 is 0 Å². The molecule has 0 bridgehead atoms. The standard InChI is InChI=1S/C21H15F3N6O5/c22-21(23,24)35-13-3-1-2-10(6-13)15-9-29-12(7-14-18(31)28-19(32)27-14)8-25-16(29)17(26-15)30(20(33)34)11-4-5-11/h1-3,6-9,11H,4-5H2,(H,33,34)(H2,27,28,31,32). The second kappa shape index (κ2) is 8.00. The van der Waals surface area contributed by atoms with E-state index in [-0.39, 0.29) is 34.5 Å². The summed E-state index contributed by atoms with van der Waals surface area (Å²) < 4.78 is 43.6. The van der Waals surface area contributed by atoms with Crippen LogP contribution in [0.25, 0.3) is 23.0 Å². The molecule has 0 unspecified atom stereocenters. The van der Waals surface area contributed by atoms with E-state index in [1.807, 2.05) is 0 Å². The molecule has 14 heteroatoms. The van der Waals surface area contributed by atoms with E-state index in [9.17, 15) is 32.7 Å². The molecule has 0 radical (unpaired) electrons. The van der Waals surface area contributed by atoms with E-state index in [1.54, 1.807) is 0 Å². The maximum atomic E-state index is 12.7. The summed E-state index contributed by atoms with van der Waals surface area (Å²) in [5.74, 6) is -1.17. The summed E-state index contributed by atoms with van der Waals surface area (Å²) in [6.45, 7) is 0. The van der Waals surface area contributed by atoms with Gasteiger partial charge in [0, 0.05) is 17.8 Å². The normalized spacial score (nSPS) is 16.9. The number of alkyl halides is 3. The zero-order chi connectivity index (χ0) is 24.9. The fourth-order valence-corrected chi connectivity index (χ4v) is 3.63. The van der Waals surface area contributed by atoms with Crippen molar-refractivity contribution < 1.29 is 37.4 Å². The first-order valence-electron chi connectivity index (χ1n) is 10.2. The number of carboxylic acid groups (broad SMARTS) is 1. The van der Waals surface area contributed by atoms with Gasteiger partial charge >= 0.3 is 18.5 Å². The summed E-state index contributed by atoms with van der Waals surface area (Å²) in [7, 11) is 0. The summed E-state index contributed by atoms with van der Waals surface area (Å²) in [4.78, 5) is 45.2. The van der Waals surface area contributed by atoms with Crippen LogP contribution < -0.4 is 20.3 Å². The number of nitrogens with zero attached hydrogens (tertiary/aromatic N) is 4. The van der Waals surface area contributed by atoms with Gasteiger partial charge in [-0.25, -0.2) is 19.6 Å². The van der Waals surface area contributed by atoms with Crippen molar-refractivity contribution >= 4 is 35.6 Å². The first kappa shape index (κ1) is 22.2. The number of fused-ring (bicyclic) bond motifs is 1. The number of anilines is 1. The number of carbonyl (C=O) groups is 3. The van der Waals surface area contributed by atoms with Crippen molar-refractivity contribution in [3.8, 4) is 17.0 Å². The van der Waals surface area contributed by atoms with Gasteiger partial charge in [0.15, 0.2) is 11.5 Å². The molecule has 1 aromatic carbocycles. The van der Waals surface area contributed by atoms with Gasteiger partial charge in [0.05, 0.1) is 17.6 Å². The molecule has 2 aromatic heterocycles. The van der Waals surface area contributed by atoms with E-state index in [0.29, 0.717) is 18.5 Å². The molecule has 1 saturated carbocycles. The zero-order valence-electron chi connectivity index (χ0n) is 17.5. The molecule has 11 nitrogen and oxygen atoms in total. The number of rotatable bonds is 5. The van der Waals surface area contributed by atoms with Gasteiger partial charge in [-0.1, -0.05) is 12.1 Å². The number of carbonyl (C=O) groups excluding carboxylic acids is 2. The minimum Gasteiger partial charge on any atom is -0.465 e. The van der Waals surface area contributed by atoms with E-state index >= 15 is 0 Å². The number of urea groups is 1. The Balaban J connectivity index is 1.68. The molecule has 2 fully saturated rings. The molecule has 3 heterocycles. The average Bonchev–Trinajstić information content (AvgIpc) is 3.43. The summed E-state index contributed by atoms with van der Waals surface area (Å²) in [5, 5.41) is 14.2. The van der Waals surface area contributed by atoms with Gasteiger partial charge in [0.2, 0.25) is 0 Å². The number of hydrogen-bond donors (Lipinski definition) is 3. The van der Waals surface area contributed by atoms with Crippen LogP contribution in [0.4, 0.5) is 28.6 Å². The maximum Gasteiger partial charge on any atom is 0.573 e. The summed E-state index contributed by atoms with van der Waals surface area (Å²) in [5.41, 5.74) is 0.720. The van der Waals surface area contributed by atoms with Crippen LogP contribution in [-0.2, 0) is 4.79 Å². The van der Waals surface area contributed by atoms with Crippen molar-refractivity contribution in [2.24, 2.45) is 0 Å². The molecule has 1 saturated heterocycles. The van der Waals surface area contributed by atoms with Gasteiger partial charge < -0.3 is 15.2 Å². The predicted molar refractivity (Wildman–Crippen MR) is 113 cm³/mol. The summed E-state index contributed by atoms with van der Waals surface area (Å²) >= 11 is 0. The second-order valence-corrected chi connectivity index (χ2v) is 7.75. The Kier molecular flexibility index (Phi) is 5.07. The molecule has 2 aliphatic rings. The zero-order valence-corrected chi connectivity index (χ0v) is 17.5. The predicted octanol–water partition coefficient (Wildman–Crippen LogP) is 3.12. The van der Waals surface area contributed by atoms with Crippen LogP contribution in [0.1, 0.15) is 18.5 Å². The molecule has 1 aliphatic heterocycles. The first-order valence-corrected chi connectivity index (χ1v) is 10.2. The average molecular weight is 488 g/mol. The Morgan fingerprint density at radius 2 is 2.03 bits per heavy atom. The Hall–Kier alpha value is -4.62. The third-order valence-electron chi connectivity index (χ3n) is 5.22. The number of halogens is 3. The van der Waals surface area contributed by atoms with Crippen molar-refractivity contribution in [2.45, 2.75) is 25.2 Å². The third kappa shape index (κ3) is 4.45. The van der Waals surface area contributed by atoms with E-state index in [4.69, 9.17) is 0 Å². The fraction of sp³-hybridized carbons (Fsp3) is 0.190. The molecule has 35 heavy (non-hydrogen) atoms. The van der Waals surface area contributed by atoms with Gasteiger partial charge in [-0.3, -0.25) is 19.4 Å². The summed E-state index contributed by atoms with van der Waals surface area (Å²) in [6.07, 6.45) is -0.815. The molecule has 180 valence electrons. The first-order chi connectivity index (χ1) is 16.6. The lowest BCUT2D eigenvalue weighted by Crippen LogP contribution is -2.32. The number of aromatic nitrogens is 3. The molecule has 5 rings (SSSR count). The highest BCUT2D eigenvalue weighted by atomic mass is 19.4. The SMILES string of the molecule is O=C1NC(=O)C(=Cc2cnc3c(N(C(=O)O)C4CC4)nc(-c4cccc(OC(F)(F)F)c4)cn23)N1. The Morgan fingerprint density at radius 3 is 2.66 bits per heavy atom. The monoisotopic (exact) mass is 488 g/mol. The quantitative estimate of drug-likeness (QED) is 0.371. The minimum atomic E-state index is -4.90. The lowest BCUT2D eigenvalue weighted by atomic mass is 10.1. The Morgan fingerprint density at radius 1 is 1.26 bits per heavy atom. The van der Waals surface area contributed by atoms with E-state index in [0.717, 1.165) is 17.0 Å². The molecule has 3 N–H and O–H groups in total. The molecular weight excluding hydrogens is 473 g/mol. The molecular formula is C21H15F3N6O5. The number of benzene rings is 1. The molecule has 1 aliphatic carbocycles. The minimum absolute atomic E-state index is 0.0239. The lowest BCUT2D eigenvalue weighted by Gasteiger charge is -2.19. The smallest absolute Gasteiger partial charge is 0.465 e. The van der Waals surface area contributed by atoms with Gasteiger partial charge in [0.1, 0.15) is 11.4 Å². The van der Waals surface area contributed by atoms with Crippen molar-refractivity contribution in [1.82, 2.24) is 25.0 Å².